The fraction of sp³-hybridized carbons (Fsp3) is 0.632. The maximum absolute atomic E-state index is 4.80. The summed E-state index contributed by atoms with van der Waals surface area (Å²) < 4.78 is 0. The Morgan fingerprint density at radius 2 is 1.90 bits per heavy atom. The van der Waals surface area contributed by atoms with E-state index in [9.17, 15) is 0 Å². The molecule has 0 spiro atoms. The molecule has 0 aromatic heterocycles. The Balaban J connectivity index is 2.31. The molecule has 0 N–H and O–H groups in total. The fourth-order valence-corrected chi connectivity index (χ4v) is 3.37. The average molecular weight is 286 g/mol. The highest BCUT2D eigenvalue weighted by Crippen LogP contribution is 2.28. The Labute approximate surface area is 130 Å². The summed E-state index contributed by atoms with van der Waals surface area (Å²) in [6, 6.07) is 0. The van der Waals surface area contributed by atoms with E-state index >= 15 is 0 Å². The van der Waals surface area contributed by atoms with E-state index in [0.717, 1.165) is 13.1 Å². The van der Waals surface area contributed by atoms with Crippen LogP contribution in [0, 0.1) is 5.92 Å². The van der Waals surface area contributed by atoms with E-state index in [4.69, 9.17) is 4.99 Å². The van der Waals surface area contributed by atoms with Crippen LogP contribution in [0.15, 0.2) is 39.9 Å². The van der Waals surface area contributed by atoms with Crippen molar-refractivity contribution in [3.63, 3.8) is 0 Å². The van der Waals surface area contributed by atoms with Crippen molar-refractivity contribution in [1.82, 2.24) is 4.90 Å². The van der Waals surface area contributed by atoms with Crippen LogP contribution in [-0.2, 0) is 0 Å². The molecular weight excluding hydrogens is 256 g/mol. The molecular formula is C19H30N2. The van der Waals surface area contributed by atoms with Gasteiger partial charge in [0.2, 0.25) is 0 Å². The molecule has 116 valence electrons. The summed E-state index contributed by atoms with van der Waals surface area (Å²) in [5, 5.41) is 0. The third-order valence-corrected chi connectivity index (χ3v) is 4.39. The molecule has 0 saturated carbocycles. The average Bonchev–Trinajstić information content (AvgIpc) is 2.48. The van der Waals surface area contributed by atoms with E-state index in [-0.39, 0.29) is 0 Å². The van der Waals surface area contributed by atoms with Crippen molar-refractivity contribution in [2.24, 2.45) is 10.9 Å². The summed E-state index contributed by atoms with van der Waals surface area (Å²) in [4.78, 5) is 7.41. The normalized spacial score (nSPS) is 24.6. The van der Waals surface area contributed by atoms with Crippen LogP contribution in [-0.4, -0.2) is 36.8 Å². The maximum Gasteiger partial charge on any atom is 0.0680 e. The SMILES string of the molecule is C/C=C1/C=CC(CN2CCCCC2)=C(C(C)C)C1=NCC. The molecule has 2 nitrogen and oxygen atoms in total. The lowest BCUT2D eigenvalue weighted by atomic mass is 9.84. The molecule has 0 atom stereocenters. The van der Waals surface area contributed by atoms with E-state index in [1.807, 2.05) is 0 Å². The van der Waals surface area contributed by atoms with Gasteiger partial charge >= 0.3 is 0 Å². The quantitative estimate of drug-likeness (QED) is 0.748. The second-order valence-electron chi connectivity index (χ2n) is 6.33. The Morgan fingerprint density at radius 1 is 1.19 bits per heavy atom. The van der Waals surface area contributed by atoms with Crippen LogP contribution in [0.4, 0.5) is 0 Å². The lowest BCUT2D eigenvalue weighted by Gasteiger charge is -2.30. The molecule has 0 radical (unpaired) electrons. The van der Waals surface area contributed by atoms with Crippen molar-refractivity contribution < 1.29 is 0 Å². The van der Waals surface area contributed by atoms with Crippen LogP contribution >= 0.6 is 0 Å². The van der Waals surface area contributed by atoms with Crippen LogP contribution < -0.4 is 0 Å². The maximum atomic E-state index is 4.80. The predicted molar refractivity (Wildman–Crippen MR) is 93.0 cm³/mol. The van der Waals surface area contributed by atoms with Crippen molar-refractivity contribution >= 4 is 5.71 Å². The summed E-state index contributed by atoms with van der Waals surface area (Å²) in [6.45, 7) is 13.3. The minimum absolute atomic E-state index is 0.523. The van der Waals surface area contributed by atoms with Gasteiger partial charge in [0.15, 0.2) is 0 Å². The molecule has 0 unspecified atom stereocenters. The molecule has 1 heterocycles. The van der Waals surface area contributed by atoms with Crippen LogP contribution in [0.1, 0.15) is 47.0 Å². The van der Waals surface area contributed by atoms with Crippen molar-refractivity contribution in [2.45, 2.75) is 47.0 Å². The first-order valence-electron chi connectivity index (χ1n) is 8.52. The number of likely N-dealkylation sites (tertiary alicyclic amines) is 1. The molecule has 2 heteroatoms. The molecule has 1 saturated heterocycles. The summed E-state index contributed by atoms with van der Waals surface area (Å²) in [7, 11) is 0. The Bertz CT molecular complexity index is 472. The van der Waals surface area contributed by atoms with Gasteiger partial charge in [0.05, 0.1) is 5.71 Å². The van der Waals surface area contributed by atoms with E-state index < -0.39 is 0 Å². The van der Waals surface area contributed by atoms with E-state index in [1.54, 1.807) is 0 Å². The Hall–Kier alpha value is -1.15. The number of piperidine rings is 1. The number of aliphatic imine (C=N–C) groups is 1. The van der Waals surface area contributed by atoms with Gasteiger partial charge in [0.1, 0.15) is 0 Å². The molecule has 0 aromatic rings. The highest BCUT2D eigenvalue weighted by atomic mass is 15.1. The van der Waals surface area contributed by atoms with Gasteiger partial charge in [-0.1, -0.05) is 38.5 Å². The summed E-state index contributed by atoms with van der Waals surface area (Å²) in [6.07, 6.45) is 10.9. The summed E-state index contributed by atoms with van der Waals surface area (Å²) in [5.41, 5.74) is 5.44. The lowest BCUT2D eigenvalue weighted by Crippen LogP contribution is -2.33. The largest absolute Gasteiger partial charge is 0.299 e. The number of nitrogens with zero attached hydrogens (tertiary/aromatic N) is 2. The molecule has 1 aliphatic heterocycles. The van der Waals surface area contributed by atoms with Gasteiger partial charge < -0.3 is 0 Å². The third-order valence-electron chi connectivity index (χ3n) is 4.39. The van der Waals surface area contributed by atoms with Gasteiger partial charge in [0, 0.05) is 13.1 Å². The van der Waals surface area contributed by atoms with Crippen LogP contribution in [0.25, 0.3) is 0 Å². The molecule has 2 aliphatic rings. The molecule has 21 heavy (non-hydrogen) atoms. The van der Waals surface area contributed by atoms with Gasteiger partial charge in [-0.05, 0) is 62.4 Å². The highest BCUT2D eigenvalue weighted by molar-refractivity contribution is 6.16. The predicted octanol–water partition coefficient (Wildman–Crippen LogP) is 4.40. The molecule has 0 amide bonds. The van der Waals surface area contributed by atoms with Crippen LogP contribution in [0.3, 0.4) is 0 Å². The van der Waals surface area contributed by atoms with Gasteiger partial charge in [-0.3, -0.25) is 9.89 Å². The molecule has 0 bridgehead atoms. The van der Waals surface area contributed by atoms with Crippen molar-refractivity contribution in [1.29, 1.82) is 0 Å². The summed E-state index contributed by atoms with van der Waals surface area (Å²) in [5.74, 6) is 0.523. The number of rotatable bonds is 4. The number of hydrogen-bond acceptors (Lipinski definition) is 2. The molecule has 1 fully saturated rings. The highest BCUT2D eigenvalue weighted by Gasteiger charge is 2.22. The Kier molecular flexibility index (Phi) is 5.98. The number of allylic oxidation sites excluding steroid dienone is 4. The standard InChI is InChI=1S/C19H30N2/c1-5-16-10-11-17(14-21-12-8-7-9-13-21)18(15(3)4)19(16)20-6-2/h5,10-11,15H,6-9,12-14H2,1-4H3/b16-5-,20-19?. The smallest absolute Gasteiger partial charge is 0.0680 e. The fourth-order valence-electron chi connectivity index (χ4n) is 3.37. The minimum Gasteiger partial charge on any atom is -0.299 e. The van der Waals surface area contributed by atoms with E-state index in [1.165, 1.54) is 54.8 Å². The van der Waals surface area contributed by atoms with Gasteiger partial charge in [-0.15, -0.1) is 0 Å². The topological polar surface area (TPSA) is 15.6 Å². The van der Waals surface area contributed by atoms with Gasteiger partial charge in [-0.2, -0.15) is 0 Å². The summed E-state index contributed by atoms with van der Waals surface area (Å²) >= 11 is 0. The van der Waals surface area contributed by atoms with Crippen LogP contribution in [0.5, 0.6) is 0 Å². The van der Waals surface area contributed by atoms with Crippen molar-refractivity contribution in [2.75, 3.05) is 26.2 Å². The minimum atomic E-state index is 0.523. The second-order valence-corrected chi connectivity index (χ2v) is 6.33. The first-order chi connectivity index (χ1) is 10.2. The number of hydrogen-bond donors (Lipinski definition) is 0. The third kappa shape index (κ3) is 3.94. The zero-order chi connectivity index (χ0) is 15.2. The van der Waals surface area contributed by atoms with E-state index in [2.05, 4.69) is 50.8 Å². The monoisotopic (exact) mass is 286 g/mol. The van der Waals surface area contributed by atoms with Gasteiger partial charge in [-0.25, -0.2) is 0 Å². The van der Waals surface area contributed by atoms with Crippen molar-refractivity contribution in [3.8, 4) is 0 Å². The molecule has 1 aliphatic carbocycles. The Morgan fingerprint density at radius 3 is 2.48 bits per heavy atom. The lowest BCUT2D eigenvalue weighted by molar-refractivity contribution is 0.247. The first kappa shape index (κ1) is 16.2. The molecule has 2 rings (SSSR count). The molecule has 0 aromatic carbocycles. The van der Waals surface area contributed by atoms with Crippen LogP contribution in [0.2, 0.25) is 0 Å². The van der Waals surface area contributed by atoms with E-state index in [0.29, 0.717) is 5.92 Å². The second kappa shape index (κ2) is 7.74. The van der Waals surface area contributed by atoms with Gasteiger partial charge in [0.25, 0.3) is 0 Å². The zero-order valence-corrected chi connectivity index (χ0v) is 14.2. The first-order valence-corrected chi connectivity index (χ1v) is 8.52. The zero-order valence-electron chi connectivity index (χ0n) is 14.2. The van der Waals surface area contributed by atoms with Crippen molar-refractivity contribution in [3.05, 3.63) is 34.9 Å².